The standard InChI is InChI=1S/C18H22FN5O2S/c1-12-7-13(9-23-27(25,26)6-2-4-19)8-14(12)16-10-21-17-11-22-18-15(24(16)17)3-5-20-18/h3,5,9-14,20H,2,4,6-8H2,1H3/b23-9+/t12-,13?,14+/m1/s1. The number of nitrogens with one attached hydrogen (secondary N) is 1. The molecule has 0 aromatic carbocycles. The maximum absolute atomic E-state index is 12.2. The van der Waals surface area contributed by atoms with E-state index in [9.17, 15) is 12.8 Å². The van der Waals surface area contributed by atoms with E-state index in [-0.39, 0.29) is 24.0 Å². The monoisotopic (exact) mass is 391 g/mol. The molecule has 1 aliphatic carbocycles. The summed E-state index contributed by atoms with van der Waals surface area (Å²) >= 11 is 0. The Morgan fingerprint density at radius 2 is 2.22 bits per heavy atom. The summed E-state index contributed by atoms with van der Waals surface area (Å²) < 4.78 is 41.8. The van der Waals surface area contributed by atoms with E-state index in [1.807, 2.05) is 18.5 Å². The van der Waals surface area contributed by atoms with Gasteiger partial charge >= 0.3 is 0 Å². The van der Waals surface area contributed by atoms with E-state index in [2.05, 4.69) is 30.7 Å². The second-order valence-corrected chi connectivity index (χ2v) is 9.03. The first kappa shape index (κ1) is 18.1. The Bertz CT molecular complexity index is 1090. The fourth-order valence-electron chi connectivity index (χ4n) is 4.05. The van der Waals surface area contributed by atoms with Gasteiger partial charge in [0, 0.05) is 30.2 Å². The van der Waals surface area contributed by atoms with Gasteiger partial charge in [-0.15, -0.1) is 0 Å². The molecular weight excluding hydrogens is 369 g/mol. The summed E-state index contributed by atoms with van der Waals surface area (Å²) in [4.78, 5) is 12.0. The van der Waals surface area contributed by atoms with Gasteiger partial charge in [-0.25, -0.2) is 18.4 Å². The lowest BCUT2D eigenvalue weighted by Crippen LogP contribution is -2.07. The van der Waals surface area contributed by atoms with Crippen LogP contribution < -0.4 is 0 Å². The molecule has 0 amide bonds. The predicted octanol–water partition coefficient (Wildman–Crippen LogP) is 3.10. The zero-order valence-electron chi connectivity index (χ0n) is 15.0. The van der Waals surface area contributed by atoms with Crippen molar-refractivity contribution in [2.24, 2.45) is 16.2 Å². The molecule has 1 saturated carbocycles. The number of hydrogen-bond acceptors (Lipinski definition) is 4. The number of halogens is 1. The van der Waals surface area contributed by atoms with Crippen LogP contribution in [0.15, 0.2) is 29.1 Å². The molecule has 144 valence electrons. The summed E-state index contributed by atoms with van der Waals surface area (Å²) in [6.45, 7) is 1.53. The van der Waals surface area contributed by atoms with Gasteiger partial charge in [-0.2, -0.15) is 4.40 Å². The molecule has 1 fully saturated rings. The minimum absolute atomic E-state index is 0.00805. The molecule has 0 spiro atoms. The molecule has 1 aliphatic rings. The minimum Gasteiger partial charge on any atom is -0.345 e. The Labute approximate surface area is 156 Å². The average molecular weight is 391 g/mol. The maximum atomic E-state index is 12.2. The number of H-pyrrole nitrogens is 1. The zero-order chi connectivity index (χ0) is 19.0. The van der Waals surface area contributed by atoms with Crippen LogP contribution in [-0.2, 0) is 10.0 Å². The Morgan fingerprint density at radius 1 is 1.37 bits per heavy atom. The summed E-state index contributed by atoms with van der Waals surface area (Å²) in [6.07, 6.45) is 8.70. The minimum atomic E-state index is -3.58. The lowest BCUT2D eigenvalue weighted by atomic mass is 9.95. The zero-order valence-corrected chi connectivity index (χ0v) is 15.9. The van der Waals surface area contributed by atoms with E-state index < -0.39 is 16.7 Å². The highest BCUT2D eigenvalue weighted by molar-refractivity contribution is 7.90. The highest BCUT2D eigenvalue weighted by atomic mass is 32.2. The average Bonchev–Trinajstić information content (AvgIpc) is 3.35. The van der Waals surface area contributed by atoms with Crippen LogP contribution in [0.3, 0.4) is 0 Å². The predicted molar refractivity (Wildman–Crippen MR) is 102 cm³/mol. The van der Waals surface area contributed by atoms with Crippen molar-refractivity contribution in [2.45, 2.75) is 32.1 Å². The molecular formula is C18H22FN5O2S. The van der Waals surface area contributed by atoms with Crippen molar-refractivity contribution >= 4 is 33.0 Å². The first-order chi connectivity index (χ1) is 13.0. The largest absolute Gasteiger partial charge is 0.345 e. The van der Waals surface area contributed by atoms with Crippen LogP contribution in [0.5, 0.6) is 0 Å². The van der Waals surface area contributed by atoms with E-state index in [0.29, 0.717) is 5.92 Å². The molecule has 0 saturated heterocycles. The molecule has 7 nitrogen and oxygen atoms in total. The smallest absolute Gasteiger partial charge is 0.252 e. The fourth-order valence-corrected chi connectivity index (χ4v) is 4.99. The van der Waals surface area contributed by atoms with Crippen molar-refractivity contribution in [3.63, 3.8) is 0 Å². The molecule has 3 atom stereocenters. The van der Waals surface area contributed by atoms with Gasteiger partial charge in [-0.1, -0.05) is 6.92 Å². The van der Waals surface area contributed by atoms with Crippen molar-refractivity contribution in [1.29, 1.82) is 0 Å². The SMILES string of the molecule is C[C@@H]1CC(/C=N/S(=O)(=O)CCCF)C[C@@H]1c1cnc2cnc3[nH]ccc3n12. The lowest BCUT2D eigenvalue weighted by Gasteiger charge is -2.15. The Hall–Kier alpha value is -2.29. The lowest BCUT2D eigenvalue weighted by molar-refractivity contribution is 0.484. The number of hydrogen-bond donors (Lipinski definition) is 1. The molecule has 0 bridgehead atoms. The van der Waals surface area contributed by atoms with Gasteiger partial charge in [0.1, 0.15) is 0 Å². The van der Waals surface area contributed by atoms with Crippen LogP contribution >= 0.6 is 0 Å². The second kappa shape index (κ2) is 7.03. The van der Waals surface area contributed by atoms with E-state index in [0.717, 1.165) is 35.3 Å². The summed E-state index contributed by atoms with van der Waals surface area (Å²) in [7, 11) is -3.58. The summed E-state index contributed by atoms with van der Waals surface area (Å²) in [5, 5.41) is 0. The highest BCUT2D eigenvalue weighted by Crippen LogP contribution is 2.42. The van der Waals surface area contributed by atoms with Gasteiger partial charge in [0.05, 0.1) is 24.1 Å². The van der Waals surface area contributed by atoms with Gasteiger partial charge in [0.15, 0.2) is 11.3 Å². The number of alkyl halides is 1. The van der Waals surface area contributed by atoms with Crippen LogP contribution in [-0.4, -0.2) is 46.4 Å². The van der Waals surface area contributed by atoms with Gasteiger partial charge in [0.25, 0.3) is 10.0 Å². The second-order valence-electron chi connectivity index (χ2n) is 7.24. The van der Waals surface area contributed by atoms with Gasteiger partial charge in [-0.05, 0) is 37.2 Å². The third kappa shape index (κ3) is 3.47. The van der Waals surface area contributed by atoms with Crippen molar-refractivity contribution < 1.29 is 12.8 Å². The van der Waals surface area contributed by atoms with Gasteiger partial charge < -0.3 is 4.98 Å². The Morgan fingerprint density at radius 3 is 3.04 bits per heavy atom. The number of fused-ring (bicyclic) bond motifs is 3. The van der Waals surface area contributed by atoms with E-state index in [1.54, 1.807) is 12.4 Å². The fraction of sp³-hybridized carbons (Fsp3) is 0.500. The molecule has 0 aliphatic heterocycles. The molecule has 0 radical (unpaired) electrons. The molecule has 4 rings (SSSR count). The molecule has 3 aromatic heterocycles. The van der Waals surface area contributed by atoms with E-state index in [1.165, 1.54) is 0 Å². The third-order valence-corrected chi connectivity index (χ3v) is 6.58. The third-order valence-electron chi connectivity index (χ3n) is 5.34. The van der Waals surface area contributed by atoms with Gasteiger partial charge in [-0.3, -0.25) is 8.79 Å². The highest BCUT2D eigenvalue weighted by Gasteiger charge is 2.34. The first-order valence-electron chi connectivity index (χ1n) is 9.12. The normalized spacial score (nSPS) is 23.9. The molecule has 1 unspecified atom stereocenters. The van der Waals surface area contributed by atoms with Crippen LogP contribution in [0.1, 0.15) is 37.8 Å². The van der Waals surface area contributed by atoms with Crippen LogP contribution in [0.2, 0.25) is 0 Å². The number of sulfonamides is 1. The van der Waals surface area contributed by atoms with Crippen LogP contribution in [0.25, 0.3) is 16.8 Å². The number of aromatic amines is 1. The number of imidazole rings is 1. The summed E-state index contributed by atoms with van der Waals surface area (Å²) in [5.74, 6) is 0.471. The van der Waals surface area contributed by atoms with Crippen molar-refractivity contribution in [3.05, 3.63) is 30.4 Å². The summed E-state index contributed by atoms with van der Waals surface area (Å²) in [6, 6.07) is 1.98. The first-order valence-corrected chi connectivity index (χ1v) is 10.7. The van der Waals surface area contributed by atoms with E-state index >= 15 is 0 Å². The van der Waals surface area contributed by atoms with E-state index in [4.69, 9.17) is 0 Å². The van der Waals surface area contributed by atoms with Crippen molar-refractivity contribution in [2.75, 3.05) is 12.4 Å². The van der Waals surface area contributed by atoms with Crippen molar-refractivity contribution in [3.8, 4) is 0 Å². The molecule has 3 heterocycles. The quantitative estimate of drug-likeness (QED) is 0.654. The Kier molecular flexibility index (Phi) is 4.71. The summed E-state index contributed by atoms with van der Waals surface area (Å²) in [5.41, 5.74) is 3.71. The Balaban J connectivity index is 1.59. The number of rotatable bonds is 6. The molecule has 1 N–H and O–H groups in total. The molecule has 9 heteroatoms. The molecule has 3 aromatic rings. The number of nitrogens with zero attached hydrogens (tertiary/aromatic N) is 4. The maximum Gasteiger partial charge on any atom is 0.252 e. The molecule has 27 heavy (non-hydrogen) atoms. The van der Waals surface area contributed by atoms with Crippen LogP contribution in [0, 0.1) is 11.8 Å². The van der Waals surface area contributed by atoms with Crippen molar-refractivity contribution in [1.82, 2.24) is 19.4 Å². The number of aromatic nitrogens is 4. The van der Waals surface area contributed by atoms with Gasteiger partial charge in [0.2, 0.25) is 0 Å². The van der Waals surface area contributed by atoms with Crippen LogP contribution in [0.4, 0.5) is 4.39 Å². The topological polar surface area (TPSA) is 92.5 Å².